The second-order valence-corrected chi connectivity index (χ2v) is 4.24. The number of phenols is 1. The molecule has 0 unspecified atom stereocenters. The summed E-state index contributed by atoms with van der Waals surface area (Å²) < 4.78 is 4.85. The second-order valence-electron chi connectivity index (χ2n) is 4.24. The SMILES string of the molecule is Cc1cc(CNC(=O)Nc2cccc(C(=O)O)c2O)no1. The third kappa shape index (κ3) is 3.50. The summed E-state index contributed by atoms with van der Waals surface area (Å²) in [5, 5.41) is 27.2. The van der Waals surface area contributed by atoms with Gasteiger partial charge in [-0.2, -0.15) is 0 Å². The van der Waals surface area contributed by atoms with Crippen molar-refractivity contribution in [2.45, 2.75) is 13.5 Å². The molecule has 4 N–H and O–H groups in total. The van der Waals surface area contributed by atoms with E-state index in [9.17, 15) is 14.7 Å². The first-order valence-corrected chi connectivity index (χ1v) is 5.99. The van der Waals surface area contributed by atoms with Crippen molar-refractivity contribution in [1.29, 1.82) is 0 Å². The topological polar surface area (TPSA) is 125 Å². The van der Waals surface area contributed by atoms with Crippen LogP contribution in [0.2, 0.25) is 0 Å². The van der Waals surface area contributed by atoms with E-state index in [2.05, 4.69) is 15.8 Å². The molecule has 1 aromatic carbocycles. The van der Waals surface area contributed by atoms with Crippen LogP contribution in [0.15, 0.2) is 28.8 Å². The summed E-state index contributed by atoms with van der Waals surface area (Å²) in [6.45, 7) is 1.87. The summed E-state index contributed by atoms with van der Waals surface area (Å²) in [6.07, 6.45) is 0. The number of hydrogen-bond acceptors (Lipinski definition) is 5. The van der Waals surface area contributed by atoms with Gasteiger partial charge in [-0.15, -0.1) is 0 Å². The van der Waals surface area contributed by atoms with E-state index < -0.39 is 17.7 Å². The molecule has 8 nitrogen and oxygen atoms in total. The number of benzene rings is 1. The molecule has 0 aliphatic rings. The van der Waals surface area contributed by atoms with Crippen molar-refractivity contribution in [3.8, 4) is 5.75 Å². The Bertz CT molecular complexity index is 680. The number of amides is 2. The molecule has 2 amide bonds. The van der Waals surface area contributed by atoms with Crippen LogP contribution in [0.5, 0.6) is 5.75 Å². The first kappa shape index (κ1) is 14.4. The molecule has 21 heavy (non-hydrogen) atoms. The van der Waals surface area contributed by atoms with Crippen molar-refractivity contribution in [1.82, 2.24) is 10.5 Å². The van der Waals surface area contributed by atoms with Crippen LogP contribution in [0.4, 0.5) is 10.5 Å². The second kappa shape index (κ2) is 5.95. The monoisotopic (exact) mass is 291 g/mol. The number of carbonyl (C=O) groups excluding carboxylic acids is 1. The minimum Gasteiger partial charge on any atom is -0.505 e. The van der Waals surface area contributed by atoms with Gasteiger partial charge >= 0.3 is 12.0 Å². The number of aromatic nitrogens is 1. The van der Waals surface area contributed by atoms with Crippen LogP contribution >= 0.6 is 0 Å². The highest BCUT2D eigenvalue weighted by Crippen LogP contribution is 2.27. The van der Waals surface area contributed by atoms with Crippen molar-refractivity contribution in [2.24, 2.45) is 0 Å². The first-order chi connectivity index (χ1) is 9.97. The Morgan fingerprint density at radius 3 is 2.76 bits per heavy atom. The average Bonchev–Trinajstić information content (AvgIpc) is 2.84. The lowest BCUT2D eigenvalue weighted by molar-refractivity contribution is 0.0693. The Kier molecular flexibility index (Phi) is 4.07. The number of hydrogen-bond donors (Lipinski definition) is 4. The molecule has 0 bridgehead atoms. The van der Waals surface area contributed by atoms with Gasteiger partial charge in [0.2, 0.25) is 0 Å². The number of carbonyl (C=O) groups is 2. The smallest absolute Gasteiger partial charge is 0.339 e. The van der Waals surface area contributed by atoms with Crippen LogP contribution in [0.1, 0.15) is 21.8 Å². The molecule has 2 rings (SSSR count). The third-order valence-electron chi connectivity index (χ3n) is 2.62. The Morgan fingerprint density at radius 2 is 2.14 bits per heavy atom. The van der Waals surface area contributed by atoms with E-state index in [4.69, 9.17) is 9.63 Å². The summed E-state index contributed by atoms with van der Waals surface area (Å²) in [6, 6.07) is 5.11. The normalized spacial score (nSPS) is 10.1. The molecule has 0 saturated carbocycles. The van der Waals surface area contributed by atoms with Crippen LogP contribution in [-0.4, -0.2) is 27.4 Å². The van der Waals surface area contributed by atoms with Crippen molar-refractivity contribution in [3.63, 3.8) is 0 Å². The molecule has 0 spiro atoms. The summed E-state index contributed by atoms with van der Waals surface area (Å²) in [5.41, 5.74) is 0.259. The maximum atomic E-state index is 11.7. The van der Waals surface area contributed by atoms with E-state index >= 15 is 0 Å². The van der Waals surface area contributed by atoms with Gasteiger partial charge in [0.1, 0.15) is 17.0 Å². The molecular weight excluding hydrogens is 278 g/mol. The predicted molar refractivity (Wildman–Crippen MR) is 72.2 cm³/mol. The van der Waals surface area contributed by atoms with E-state index in [0.29, 0.717) is 11.5 Å². The van der Waals surface area contributed by atoms with Gasteiger partial charge in [-0.05, 0) is 19.1 Å². The summed E-state index contributed by atoms with van der Waals surface area (Å²) in [4.78, 5) is 22.6. The van der Waals surface area contributed by atoms with Gasteiger partial charge < -0.3 is 25.4 Å². The molecule has 0 atom stereocenters. The molecule has 0 saturated heterocycles. The van der Waals surface area contributed by atoms with Crippen LogP contribution in [0.25, 0.3) is 0 Å². The Labute approximate surface area is 119 Å². The van der Waals surface area contributed by atoms with Crippen LogP contribution in [-0.2, 0) is 6.54 Å². The van der Waals surface area contributed by atoms with E-state index in [-0.39, 0.29) is 17.8 Å². The van der Waals surface area contributed by atoms with Gasteiger partial charge in [0, 0.05) is 6.07 Å². The molecule has 0 aliphatic heterocycles. The number of urea groups is 1. The minimum atomic E-state index is -1.28. The fraction of sp³-hybridized carbons (Fsp3) is 0.154. The predicted octanol–water partition coefficient (Wildman–Crippen LogP) is 1.71. The number of para-hydroxylation sites is 1. The van der Waals surface area contributed by atoms with E-state index in [0.717, 1.165) is 0 Å². The largest absolute Gasteiger partial charge is 0.505 e. The Hall–Kier alpha value is -3.03. The quantitative estimate of drug-likeness (QED) is 0.635. The molecule has 0 aliphatic carbocycles. The van der Waals surface area contributed by atoms with Crippen molar-refractivity contribution in [3.05, 3.63) is 41.3 Å². The van der Waals surface area contributed by atoms with Crippen LogP contribution in [0, 0.1) is 6.92 Å². The van der Waals surface area contributed by atoms with Crippen LogP contribution in [0.3, 0.4) is 0 Å². The molecule has 2 aromatic rings. The minimum absolute atomic E-state index is 0.00346. The standard InChI is InChI=1S/C13H13N3O5/c1-7-5-8(16-21-7)6-14-13(20)15-10-4-2-3-9(11(10)17)12(18)19/h2-5,17H,6H2,1H3,(H,18,19)(H2,14,15,20). The van der Waals surface area contributed by atoms with Gasteiger partial charge in [-0.3, -0.25) is 0 Å². The maximum Gasteiger partial charge on any atom is 0.339 e. The van der Waals surface area contributed by atoms with Gasteiger partial charge in [-0.25, -0.2) is 9.59 Å². The van der Waals surface area contributed by atoms with Crippen LogP contribution < -0.4 is 10.6 Å². The van der Waals surface area contributed by atoms with E-state index in [1.54, 1.807) is 13.0 Å². The number of aromatic carboxylic acids is 1. The molecule has 1 heterocycles. The highest BCUT2D eigenvalue weighted by Gasteiger charge is 2.14. The number of anilines is 1. The van der Waals surface area contributed by atoms with E-state index in [1.807, 2.05) is 0 Å². The molecular formula is C13H13N3O5. The number of nitrogens with one attached hydrogen (secondary N) is 2. The summed E-state index contributed by atoms with van der Waals surface area (Å²) >= 11 is 0. The lowest BCUT2D eigenvalue weighted by atomic mass is 10.2. The molecule has 0 fully saturated rings. The van der Waals surface area contributed by atoms with Gasteiger partial charge in [0.25, 0.3) is 0 Å². The zero-order chi connectivity index (χ0) is 15.4. The lowest BCUT2D eigenvalue weighted by Gasteiger charge is -2.09. The van der Waals surface area contributed by atoms with Gasteiger partial charge in [0.05, 0.1) is 12.2 Å². The lowest BCUT2D eigenvalue weighted by Crippen LogP contribution is -2.28. The molecule has 110 valence electrons. The number of nitrogens with zero attached hydrogens (tertiary/aromatic N) is 1. The first-order valence-electron chi connectivity index (χ1n) is 5.99. The number of carboxylic acid groups (broad SMARTS) is 1. The summed E-state index contributed by atoms with van der Waals surface area (Å²) in [5.74, 6) is -1.16. The fourth-order valence-corrected chi connectivity index (χ4v) is 1.66. The highest BCUT2D eigenvalue weighted by molar-refractivity contribution is 5.97. The number of aryl methyl sites for hydroxylation is 1. The van der Waals surface area contributed by atoms with Gasteiger partial charge in [0.15, 0.2) is 5.75 Å². The van der Waals surface area contributed by atoms with E-state index in [1.165, 1.54) is 18.2 Å². The molecule has 8 heteroatoms. The van der Waals surface area contributed by atoms with Crippen molar-refractivity contribution < 1.29 is 24.3 Å². The zero-order valence-electron chi connectivity index (χ0n) is 11.1. The van der Waals surface area contributed by atoms with Crippen molar-refractivity contribution in [2.75, 3.05) is 5.32 Å². The number of carboxylic acids is 1. The Morgan fingerprint density at radius 1 is 1.38 bits per heavy atom. The molecule has 0 radical (unpaired) electrons. The average molecular weight is 291 g/mol. The summed E-state index contributed by atoms with van der Waals surface area (Å²) in [7, 11) is 0. The maximum absolute atomic E-state index is 11.7. The molecule has 1 aromatic heterocycles. The highest BCUT2D eigenvalue weighted by atomic mass is 16.5. The Balaban J connectivity index is 1.99. The van der Waals surface area contributed by atoms with Gasteiger partial charge in [-0.1, -0.05) is 11.2 Å². The number of rotatable bonds is 4. The van der Waals surface area contributed by atoms with Crippen molar-refractivity contribution >= 4 is 17.7 Å². The zero-order valence-corrected chi connectivity index (χ0v) is 11.1. The fourth-order valence-electron chi connectivity index (χ4n) is 1.66. The number of aromatic hydroxyl groups is 1. The third-order valence-corrected chi connectivity index (χ3v) is 2.62.